The van der Waals surface area contributed by atoms with Gasteiger partial charge in [-0.1, -0.05) is 23.9 Å². The number of carbonyl (C=O) groups excluding carboxylic acids is 1. The zero-order valence-corrected chi connectivity index (χ0v) is 13.1. The van der Waals surface area contributed by atoms with Crippen molar-refractivity contribution in [3.63, 3.8) is 0 Å². The lowest BCUT2D eigenvalue weighted by atomic mass is 10.2. The van der Waals surface area contributed by atoms with Gasteiger partial charge in [0.25, 0.3) is 0 Å². The minimum Gasteiger partial charge on any atom is -0.378 e. The van der Waals surface area contributed by atoms with Gasteiger partial charge in [0.15, 0.2) is 0 Å². The molecule has 7 nitrogen and oxygen atoms in total. The Kier molecular flexibility index (Phi) is 4.69. The van der Waals surface area contributed by atoms with Crippen molar-refractivity contribution in [3.05, 3.63) is 29.8 Å². The molecule has 1 aliphatic heterocycles. The Balaban J connectivity index is 1.66. The maximum atomic E-state index is 12.2. The van der Waals surface area contributed by atoms with Crippen molar-refractivity contribution in [1.82, 2.24) is 25.1 Å². The molecule has 0 bridgehead atoms. The molecule has 116 valence electrons. The van der Waals surface area contributed by atoms with Crippen LogP contribution in [0.25, 0.3) is 5.69 Å². The molecule has 2 heterocycles. The molecule has 1 amide bonds. The van der Waals surface area contributed by atoms with E-state index >= 15 is 0 Å². The van der Waals surface area contributed by atoms with Crippen molar-refractivity contribution >= 4 is 17.7 Å². The summed E-state index contributed by atoms with van der Waals surface area (Å²) < 4.78 is 6.91. The Hall–Kier alpha value is -1.93. The third kappa shape index (κ3) is 3.45. The first-order valence-corrected chi connectivity index (χ1v) is 8.06. The van der Waals surface area contributed by atoms with Crippen LogP contribution in [0.1, 0.15) is 5.56 Å². The summed E-state index contributed by atoms with van der Waals surface area (Å²) in [6, 6.07) is 7.92. The van der Waals surface area contributed by atoms with Crippen LogP contribution in [0.3, 0.4) is 0 Å². The van der Waals surface area contributed by atoms with Gasteiger partial charge in [-0.05, 0) is 35.0 Å². The van der Waals surface area contributed by atoms with Crippen molar-refractivity contribution in [3.8, 4) is 5.69 Å². The second-order valence-corrected chi connectivity index (χ2v) is 5.94. The SMILES string of the molecule is Cc1cccc(-n2nnnc2SCC(=O)N2CCOCC2)c1. The molecule has 0 radical (unpaired) electrons. The Morgan fingerprint density at radius 2 is 2.18 bits per heavy atom. The number of hydrogen-bond donors (Lipinski definition) is 0. The highest BCUT2D eigenvalue weighted by Gasteiger charge is 2.18. The summed E-state index contributed by atoms with van der Waals surface area (Å²) >= 11 is 1.35. The number of aryl methyl sites for hydroxylation is 1. The van der Waals surface area contributed by atoms with Gasteiger partial charge >= 0.3 is 0 Å². The number of aromatic nitrogens is 4. The Labute approximate surface area is 132 Å². The lowest BCUT2D eigenvalue weighted by Gasteiger charge is -2.26. The quantitative estimate of drug-likeness (QED) is 0.780. The average Bonchev–Trinajstić information content (AvgIpc) is 3.02. The zero-order valence-electron chi connectivity index (χ0n) is 12.3. The summed E-state index contributed by atoms with van der Waals surface area (Å²) in [6.45, 7) is 4.54. The van der Waals surface area contributed by atoms with E-state index in [-0.39, 0.29) is 5.91 Å². The highest BCUT2D eigenvalue weighted by Crippen LogP contribution is 2.19. The summed E-state index contributed by atoms with van der Waals surface area (Å²) in [5, 5.41) is 12.4. The summed E-state index contributed by atoms with van der Waals surface area (Å²) in [5.74, 6) is 0.415. The molecule has 3 rings (SSSR count). The van der Waals surface area contributed by atoms with Gasteiger partial charge in [-0.15, -0.1) is 5.10 Å². The Bertz CT molecular complexity index is 654. The highest BCUT2D eigenvalue weighted by atomic mass is 32.2. The number of nitrogens with zero attached hydrogens (tertiary/aromatic N) is 5. The van der Waals surface area contributed by atoms with Crippen molar-refractivity contribution in [1.29, 1.82) is 0 Å². The fourth-order valence-corrected chi connectivity index (χ4v) is 3.01. The number of rotatable bonds is 4. The third-order valence-corrected chi connectivity index (χ3v) is 4.28. The molecule has 1 aromatic heterocycles. The summed E-state index contributed by atoms with van der Waals surface area (Å²) in [4.78, 5) is 14.0. The van der Waals surface area contributed by atoms with Crippen molar-refractivity contribution in [2.24, 2.45) is 0 Å². The molecule has 0 saturated carbocycles. The van der Waals surface area contributed by atoms with E-state index in [1.165, 1.54) is 11.8 Å². The molecule has 0 spiro atoms. The number of tetrazole rings is 1. The van der Waals surface area contributed by atoms with E-state index in [4.69, 9.17) is 4.74 Å². The summed E-state index contributed by atoms with van der Waals surface area (Å²) in [5.41, 5.74) is 2.03. The average molecular weight is 319 g/mol. The molecule has 1 aliphatic rings. The van der Waals surface area contributed by atoms with Crippen molar-refractivity contribution in [2.45, 2.75) is 12.1 Å². The Morgan fingerprint density at radius 3 is 2.95 bits per heavy atom. The molecule has 2 aromatic rings. The fourth-order valence-electron chi connectivity index (χ4n) is 2.22. The molecule has 0 N–H and O–H groups in total. The van der Waals surface area contributed by atoms with Crippen LogP contribution in [0, 0.1) is 6.92 Å². The van der Waals surface area contributed by atoms with E-state index < -0.39 is 0 Å². The smallest absolute Gasteiger partial charge is 0.233 e. The molecule has 1 saturated heterocycles. The maximum Gasteiger partial charge on any atom is 0.233 e. The van der Waals surface area contributed by atoms with Crippen LogP contribution in [0.4, 0.5) is 0 Å². The normalized spacial score (nSPS) is 15.0. The van der Waals surface area contributed by atoms with Gasteiger partial charge in [-0.3, -0.25) is 4.79 Å². The second-order valence-electron chi connectivity index (χ2n) is 4.99. The maximum absolute atomic E-state index is 12.2. The van der Waals surface area contributed by atoms with E-state index in [1.54, 1.807) is 4.68 Å². The number of morpholine rings is 1. The predicted molar refractivity (Wildman–Crippen MR) is 82.0 cm³/mol. The van der Waals surface area contributed by atoms with Gasteiger partial charge in [-0.2, -0.15) is 4.68 Å². The first-order valence-electron chi connectivity index (χ1n) is 7.08. The number of amides is 1. The third-order valence-electron chi connectivity index (χ3n) is 3.38. The van der Waals surface area contributed by atoms with Gasteiger partial charge in [0.05, 0.1) is 24.7 Å². The number of ether oxygens (including phenoxy) is 1. The largest absolute Gasteiger partial charge is 0.378 e. The van der Waals surface area contributed by atoms with Gasteiger partial charge in [0, 0.05) is 13.1 Å². The van der Waals surface area contributed by atoms with E-state index in [0.29, 0.717) is 37.2 Å². The molecule has 8 heteroatoms. The van der Waals surface area contributed by atoms with Gasteiger partial charge in [0.2, 0.25) is 11.1 Å². The monoisotopic (exact) mass is 319 g/mol. The number of benzene rings is 1. The first kappa shape index (κ1) is 15.0. The van der Waals surface area contributed by atoms with Gasteiger partial charge in [-0.25, -0.2) is 0 Å². The van der Waals surface area contributed by atoms with Crippen LogP contribution in [0.15, 0.2) is 29.4 Å². The molecule has 1 aromatic carbocycles. The topological polar surface area (TPSA) is 73.1 Å². The fraction of sp³-hybridized carbons (Fsp3) is 0.429. The molecule has 0 aliphatic carbocycles. The first-order chi connectivity index (χ1) is 10.7. The molecule has 22 heavy (non-hydrogen) atoms. The van der Waals surface area contributed by atoms with Crippen LogP contribution in [-0.2, 0) is 9.53 Å². The lowest BCUT2D eigenvalue weighted by Crippen LogP contribution is -2.41. The standard InChI is InChI=1S/C14H17N5O2S/c1-11-3-2-4-12(9-11)19-14(15-16-17-19)22-10-13(20)18-5-7-21-8-6-18/h2-4,9H,5-8,10H2,1H3. The molecular weight excluding hydrogens is 302 g/mol. The highest BCUT2D eigenvalue weighted by molar-refractivity contribution is 7.99. The van der Waals surface area contributed by atoms with Gasteiger partial charge < -0.3 is 9.64 Å². The van der Waals surface area contributed by atoms with E-state index in [9.17, 15) is 4.79 Å². The minimum atomic E-state index is 0.0899. The van der Waals surface area contributed by atoms with Crippen LogP contribution >= 0.6 is 11.8 Å². The second kappa shape index (κ2) is 6.89. The minimum absolute atomic E-state index is 0.0899. The van der Waals surface area contributed by atoms with Crippen LogP contribution in [-0.4, -0.2) is 63.1 Å². The van der Waals surface area contributed by atoms with Crippen LogP contribution in [0.5, 0.6) is 0 Å². The Morgan fingerprint density at radius 1 is 1.36 bits per heavy atom. The van der Waals surface area contributed by atoms with Crippen molar-refractivity contribution in [2.75, 3.05) is 32.1 Å². The zero-order chi connectivity index (χ0) is 15.4. The number of carbonyl (C=O) groups is 1. The summed E-state index contributed by atoms with van der Waals surface area (Å²) in [7, 11) is 0. The van der Waals surface area contributed by atoms with Crippen molar-refractivity contribution < 1.29 is 9.53 Å². The van der Waals surface area contributed by atoms with Gasteiger partial charge in [0.1, 0.15) is 0 Å². The predicted octanol–water partition coefficient (Wildman–Crippen LogP) is 0.922. The van der Waals surface area contributed by atoms with Crippen LogP contribution < -0.4 is 0 Å². The molecule has 1 fully saturated rings. The van der Waals surface area contributed by atoms with E-state index in [1.807, 2.05) is 36.1 Å². The molecule has 0 unspecified atom stereocenters. The number of hydrogen-bond acceptors (Lipinski definition) is 6. The lowest BCUT2D eigenvalue weighted by molar-refractivity contribution is -0.132. The van der Waals surface area contributed by atoms with E-state index in [2.05, 4.69) is 15.5 Å². The number of thioether (sulfide) groups is 1. The van der Waals surface area contributed by atoms with E-state index in [0.717, 1.165) is 11.3 Å². The molecular formula is C14H17N5O2S. The molecule has 0 atom stereocenters. The van der Waals surface area contributed by atoms with Crippen LogP contribution in [0.2, 0.25) is 0 Å². The summed E-state index contributed by atoms with van der Waals surface area (Å²) in [6.07, 6.45) is 0.